The van der Waals surface area contributed by atoms with Gasteiger partial charge < -0.3 is 9.30 Å². The van der Waals surface area contributed by atoms with Crippen LogP contribution in [0.1, 0.15) is 26.3 Å². The Morgan fingerprint density at radius 2 is 0.974 bits per heavy atom. The molecule has 76 heavy (non-hydrogen) atoms. The van der Waals surface area contributed by atoms with Crippen molar-refractivity contribution in [3.05, 3.63) is 255 Å². The van der Waals surface area contributed by atoms with E-state index in [1.165, 1.54) is 33.0 Å². The average molecular weight is 976 g/mol. The van der Waals surface area contributed by atoms with E-state index in [4.69, 9.17) is 9.72 Å². The molecule has 0 amide bonds. The molecule has 360 valence electrons. The van der Waals surface area contributed by atoms with Gasteiger partial charge in [0.2, 0.25) is 0 Å². The second kappa shape index (κ2) is 16.9. The van der Waals surface area contributed by atoms with Crippen LogP contribution in [-0.2, 0) is 5.41 Å². The molecule has 14 aromatic rings. The number of ether oxygens (including phenoxy) is 1. The molecule has 5 heterocycles. The second-order valence-corrected chi connectivity index (χ2v) is 20.9. The highest BCUT2D eigenvalue weighted by Crippen LogP contribution is 2.46. The van der Waals surface area contributed by atoms with E-state index in [1.54, 1.807) is 0 Å². The predicted molar refractivity (Wildman–Crippen MR) is 311 cm³/mol. The summed E-state index contributed by atoms with van der Waals surface area (Å²) < 4.78 is 16.6. The van der Waals surface area contributed by atoms with Gasteiger partial charge in [0.1, 0.15) is 11.6 Å². The molecule has 0 N–H and O–H groups in total. The first kappa shape index (κ1) is 43.8. The van der Waals surface area contributed by atoms with Crippen molar-refractivity contribution in [2.24, 2.45) is 0 Å². The van der Waals surface area contributed by atoms with E-state index in [-0.39, 0.29) is 5.41 Å². The molecule has 1 aliphatic rings. The van der Waals surface area contributed by atoms with Gasteiger partial charge in [0.25, 0.3) is 6.33 Å². The third-order valence-electron chi connectivity index (χ3n) is 15.5. The molecule has 0 radical (unpaired) electrons. The van der Waals surface area contributed by atoms with Gasteiger partial charge in [0, 0.05) is 33.8 Å². The number of imidazole rings is 1. The number of hydrogen-bond acceptors (Lipinski definition) is 2. The Kier molecular flexibility index (Phi) is 9.72. The summed E-state index contributed by atoms with van der Waals surface area (Å²) in [4.78, 5) is 5.04. The lowest BCUT2D eigenvalue weighted by Crippen LogP contribution is -2.32. The van der Waals surface area contributed by atoms with Crippen molar-refractivity contribution in [1.29, 1.82) is 0 Å². The maximum absolute atomic E-state index is 7.43. The van der Waals surface area contributed by atoms with Crippen molar-refractivity contribution < 1.29 is 9.30 Å². The maximum atomic E-state index is 7.43. The zero-order valence-corrected chi connectivity index (χ0v) is 42.2. The van der Waals surface area contributed by atoms with Gasteiger partial charge in [0.05, 0.1) is 50.2 Å². The number of fused-ring (bicyclic) bond motifs is 13. The fourth-order valence-electron chi connectivity index (χ4n) is 12.0. The van der Waals surface area contributed by atoms with Crippen molar-refractivity contribution in [3.63, 3.8) is 0 Å². The van der Waals surface area contributed by atoms with Crippen molar-refractivity contribution in [2.45, 2.75) is 26.2 Å². The van der Waals surface area contributed by atoms with Crippen LogP contribution in [0.5, 0.6) is 11.5 Å². The summed E-state index contributed by atoms with van der Waals surface area (Å²) in [5.41, 5.74) is 19.7. The van der Waals surface area contributed by atoms with Gasteiger partial charge in [-0.05, 0) is 110 Å². The molecule has 6 heteroatoms. The zero-order valence-electron chi connectivity index (χ0n) is 42.2. The smallest absolute Gasteiger partial charge is 0.269 e. The first-order valence-electron chi connectivity index (χ1n) is 26.0. The number of para-hydroxylation sites is 5. The number of pyridine rings is 1. The molecular weight excluding hydrogens is 927 g/mol. The lowest BCUT2D eigenvalue weighted by Gasteiger charge is -2.20. The Morgan fingerprint density at radius 1 is 0.434 bits per heavy atom. The molecule has 10 aromatic carbocycles. The maximum Gasteiger partial charge on any atom is 0.269 e. The largest absolute Gasteiger partial charge is 0.456 e. The summed E-state index contributed by atoms with van der Waals surface area (Å²) in [6.07, 6.45) is 5.92. The number of rotatable bonds is 6. The van der Waals surface area contributed by atoms with Crippen LogP contribution in [0.4, 0.5) is 0 Å². The fourth-order valence-corrected chi connectivity index (χ4v) is 12.0. The standard InChI is InChI=1S/C70H49N5O/c1-70(2,3)46-38-39-71-67(40-46)75-62-36-16-13-30-56(62)59-42-65(74-60-34-14-11-28-54(60)55-29-12-15-35-61(55)74)66(43-64(59)75)76-48-23-17-22-47(41-48)72-44-73-68-49(45-20-5-4-6-21-45)31-18-32-57(68)52-26-9-7-24-50(52)51-25-8-10-27-53(51)58-33-19-37-63(72)69(58)73/h4-43H,1-3H3. The molecule has 0 spiro atoms. The molecule has 15 rings (SSSR count). The molecule has 0 fully saturated rings. The minimum atomic E-state index is -0.0677. The molecule has 6 nitrogen and oxygen atoms in total. The number of aromatic nitrogens is 5. The van der Waals surface area contributed by atoms with Crippen LogP contribution < -0.4 is 9.30 Å². The quantitative estimate of drug-likeness (QED) is 0.123. The molecule has 0 aliphatic carbocycles. The minimum Gasteiger partial charge on any atom is -0.456 e. The molecule has 0 saturated heterocycles. The van der Waals surface area contributed by atoms with E-state index in [0.29, 0.717) is 11.5 Å². The van der Waals surface area contributed by atoms with E-state index in [0.717, 1.165) is 94.6 Å². The highest BCUT2D eigenvalue weighted by molar-refractivity contribution is 6.13. The van der Waals surface area contributed by atoms with Gasteiger partial charge in [-0.1, -0.05) is 197 Å². The Morgan fingerprint density at radius 3 is 1.67 bits per heavy atom. The Hall–Kier alpha value is -9.78. The predicted octanol–water partition coefficient (Wildman–Crippen LogP) is 17.4. The minimum absolute atomic E-state index is 0.0677. The van der Waals surface area contributed by atoms with Crippen LogP contribution in [0.2, 0.25) is 0 Å². The molecule has 1 aliphatic heterocycles. The van der Waals surface area contributed by atoms with E-state index in [9.17, 15) is 0 Å². The molecule has 0 unspecified atom stereocenters. The Bertz CT molecular complexity index is 4610. The van der Waals surface area contributed by atoms with Crippen molar-refractivity contribution in [1.82, 2.24) is 18.7 Å². The Balaban J connectivity index is 0.972. The van der Waals surface area contributed by atoms with Gasteiger partial charge in [-0.15, -0.1) is 0 Å². The van der Waals surface area contributed by atoms with E-state index >= 15 is 0 Å². The summed E-state index contributed by atoms with van der Waals surface area (Å²) in [7, 11) is 0. The van der Waals surface area contributed by atoms with Crippen LogP contribution in [0.25, 0.3) is 122 Å². The van der Waals surface area contributed by atoms with Gasteiger partial charge in [-0.2, -0.15) is 0 Å². The van der Waals surface area contributed by atoms with Crippen LogP contribution >= 0.6 is 0 Å². The van der Waals surface area contributed by atoms with Crippen LogP contribution in [-0.4, -0.2) is 18.7 Å². The van der Waals surface area contributed by atoms with E-state index in [1.807, 2.05) is 6.20 Å². The molecule has 4 aromatic heterocycles. The molecule has 0 atom stereocenters. The average Bonchev–Trinajstić information content (AvgIpc) is 4.14. The summed E-state index contributed by atoms with van der Waals surface area (Å²) in [6, 6.07) is 85.0. The molecule has 0 saturated carbocycles. The highest BCUT2D eigenvalue weighted by atomic mass is 16.5. The number of benzene rings is 10. The monoisotopic (exact) mass is 975 g/mol. The Labute approximate surface area is 440 Å². The van der Waals surface area contributed by atoms with Gasteiger partial charge >= 0.3 is 0 Å². The van der Waals surface area contributed by atoms with Crippen LogP contribution in [0.15, 0.2) is 243 Å². The third kappa shape index (κ3) is 6.73. The van der Waals surface area contributed by atoms with Gasteiger partial charge in [0.15, 0.2) is 5.75 Å². The highest BCUT2D eigenvalue weighted by Gasteiger charge is 2.27. The number of nitrogens with zero attached hydrogens (tertiary/aromatic N) is 5. The summed E-state index contributed by atoms with van der Waals surface area (Å²) in [6.45, 7) is 6.75. The first-order valence-corrected chi connectivity index (χ1v) is 26.0. The van der Waals surface area contributed by atoms with E-state index in [2.05, 4.69) is 282 Å². The van der Waals surface area contributed by atoms with E-state index < -0.39 is 0 Å². The van der Waals surface area contributed by atoms with Crippen LogP contribution in [0, 0.1) is 6.33 Å². The SMILES string of the molecule is CC(C)(C)c1ccnc(-n2c3ccccc3c3cc(-n4c5ccccc5c5ccccc54)c(Oc4cccc(-n5[c-][n+]6c7c(cccc75)-c5ccccc5-c5ccccc5-c5cccc(-c7ccccc7)c5-6)c4)cc32)c1. The van der Waals surface area contributed by atoms with Crippen molar-refractivity contribution >= 4 is 54.6 Å². The van der Waals surface area contributed by atoms with Gasteiger partial charge in [-0.25, -0.2) is 4.98 Å². The summed E-state index contributed by atoms with van der Waals surface area (Å²) in [5.74, 6) is 2.27. The topological polar surface area (TPSA) is 40.8 Å². The number of hydrogen-bond donors (Lipinski definition) is 0. The normalized spacial score (nSPS) is 12.1. The van der Waals surface area contributed by atoms with Crippen molar-refractivity contribution in [3.8, 4) is 78.9 Å². The first-order chi connectivity index (χ1) is 37.4. The van der Waals surface area contributed by atoms with Gasteiger partial charge in [-0.3, -0.25) is 13.7 Å². The molecular formula is C70H49N5O. The fraction of sp³-hybridized carbons (Fsp3) is 0.0571. The third-order valence-corrected chi connectivity index (χ3v) is 15.5. The second-order valence-electron chi connectivity index (χ2n) is 20.9. The van der Waals surface area contributed by atoms with Crippen molar-refractivity contribution in [2.75, 3.05) is 0 Å². The lowest BCUT2D eigenvalue weighted by atomic mass is 9.88. The lowest BCUT2D eigenvalue weighted by molar-refractivity contribution is -0.570. The summed E-state index contributed by atoms with van der Waals surface area (Å²) in [5, 5.41) is 4.61. The molecule has 0 bridgehead atoms. The van der Waals surface area contributed by atoms with Crippen LogP contribution in [0.3, 0.4) is 0 Å². The summed E-state index contributed by atoms with van der Waals surface area (Å²) >= 11 is 0. The zero-order chi connectivity index (χ0) is 50.6.